The van der Waals surface area contributed by atoms with Gasteiger partial charge in [0.2, 0.25) is 0 Å². The van der Waals surface area contributed by atoms with E-state index in [0.717, 1.165) is 11.3 Å². The maximum absolute atomic E-state index is 13.1. The van der Waals surface area contributed by atoms with Gasteiger partial charge in [0.1, 0.15) is 17.3 Å². The Morgan fingerprint density at radius 3 is 2.47 bits per heavy atom. The van der Waals surface area contributed by atoms with Gasteiger partial charge in [-0.2, -0.15) is 0 Å². The van der Waals surface area contributed by atoms with Crippen molar-refractivity contribution in [3.63, 3.8) is 0 Å². The second-order valence-electron chi connectivity index (χ2n) is 7.65. The number of ether oxygens (including phenoxy) is 3. The van der Waals surface area contributed by atoms with Crippen molar-refractivity contribution < 1.29 is 28.2 Å². The molecule has 3 aromatic rings. The highest BCUT2D eigenvalue weighted by Gasteiger charge is 2.33. The van der Waals surface area contributed by atoms with Crippen LogP contribution in [-0.4, -0.2) is 55.9 Å². The Balaban J connectivity index is 1.55. The van der Waals surface area contributed by atoms with Crippen LogP contribution in [0, 0.1) is 0 Å². The van der Waals surface area contributed by atoms with Gasteiger partial charge in [-0.25, -0.2) is 9.79 Å². The zero-order chi connectivity index (χ0) is 25.5. The lowest BCUT2D eigenvalue weighted by Crippen LogP contribution is -2.32. The molecule has 0 unspecified atom stereocenters. The molecular weight excluding hydrogens is 480 g/mol. The largest absolute Gasteiger partial charge is 0.497 e. The second kappa shape index (κ2) is 11.7. The second-order valence-corrected chi connectivity index (χ2v) is 8.66. The predicted molar refractivity (Wildman–Crippen MR) is 139 cm³/mol. The molecule has 1 fully saturated rings. The van der Waals surface area contributed by atoms with Crippen LogP contribution in [0.4, 0.5) is 5.69 Å². The van der Waals surface area contributed by atoms with E-state index in [1.54, 1.807) is 62.5 Å². The molecule has 9 heteroatoms. The first-order chi connectivity index (χ1) is 17.5. The van der Waals surface area contributed by atoms with Crippen molar-refractivity contribution in [1.82, 2.24) is 4.90 Å². The van der Waals surface area contributed by atoms with Crippen molar-refractivity contribution in [2.45, 2.75) is 6.92 Å². The van der Waals surface area contributed by atoms with Crippen molar-refractivity contribution in [1.29, 1.82) is 0 Å². The van der Waals surface area contributed by atoms with Gasteiger partial charge >= 0.3 is 5.97 Å². The summed E-state index contributed by atoms with van der Waals surface area (Å²) in [6.45, 7) is 2.85. The van der Waals surface area contributed by atoms with Gasteiger partial charge in [-0.1, -0.05) is 12.1 Å². The van der Waals surface area contributed by atoms with Crippen LogP contribution in [0.2, 0.25) is 0 Å². The van der Waals surface area contributed by atoms with E-state index in [1.807, 2.05) is 30.3 Å². The van der Waals surface area contributed by atoms with Gasteiger partial charge in [-0.3, -0.25) is 9.69 Å². The van der Waals surface area contributed by atoms with Crippen LogP contribution in [-0.2, 0) is 14.3 Å². The molecule has 1 amide bonds. The maximum Gasteiger partial charge on any atom is 0.338 e. The molecule has 8 nitrogen and oxygen atoms in total. The molecule has 36 heavy (non-hydrogen) atoms. The molecule has 1 aromatic heterocycles. The van der Waals surface area contributed by atoms with Gasteiger partial charge in [0.05, 0.1) is 43.0 Å². The molecule has 0 radical (unpaired) electrons. The number of hydrogen-bond acceptors (Lipinski definition) is 8. The molecule has 1 aliphatic rings. The number of benzene rings is 2. The lowest BCUT2D eigenvalue weighted by Gasteiger charge is -2.14. The minimum Gasteiger partial charge on any atom is -0.497 e. The maximum atomic E-state index is 13.1. The number of hydrogen-bond donors (Lipinski definition) is 0. The molecule has 2 aromatic carbocycles. The Bertz CT molecular complexity index is 1280. The first-order valence-corrected chi connectivity index (χ1v) is 12.1. The minimum absolute atomic E-state index is 0.166. The number of methoxy groups -OCH3 is 2. The molecule has 0 bridgehead atoms. The van der Waals surface area contributed by atoms with Crippen molar-refractivity contribution in [3.05, 3.63) is 76.9 Å². The summed E-state index contributed by atoms with van der Waals surface area (Å²) in [5.41, 5.74) is 1.99. The number of carbonyl (C=O) groups excluding carboxylic acids is 2. The van der Waals surface area contributed by atoms with E-state index < -0.39 is 0 Å². The molecule has 2 heterocycles. The average molecular weight is 507 g/mol. The highest BCUT2D eigenvalue weighted by molar-refractivity contribution is 8.18. The smallest absolute Gasteiger partial charge is 0.338 e. The third-order valence-corrected chi connectivity index (χ3v) is 6.29. The SMILES string of the molecule is CCOC(=O)c1ccc(-c2ccc(/C=C3\SC(=Nc4ccc(OC)cc4)N(CCOC)C3=O)o2)cc1. The summed E-state index contributed by atoms with van der Waals surface area (Å²) in [6.07, 6.45) is 1.71. The summed E-state index contributed by atoms with van der Waals surface area (Å²) in [6, 6.07) is 17.9. The van der Waals surface area contributed by atoms with E-state index in [0.29, 0.717) is 52.6 Å². The average Bonchev–Trinajstić information content (AvgIpc) is 3.48. The Labute approximate surface area is 213 Å². The lowest BCUT2D eigenvalue weighted by molar-refractivity contribution is -0.122. The van der Waals surface area contributed by atoms with Crippen molar-refractivity contribution in [3.8, 4) is 17.1 Å². The molecule has 186 valence electrons. The van der Waals surface area contributed by atoms with E-state index in [-0.39, 0.29) is 11.9 Å². The molecule has 0 N–H and O–H groups in total. The van der Waals surface area contributed by atoms with Crippen LogP contribution < -0.4 is 4.74 Å². The van der Waals surface area contributed by atoms with E-state index in [2.05, 4.69) is 4.99 Å². The van der Waals surface area contributed by atoms with Crippen LogP contribution in [0.15, 0.2) is 75.0 Å². The van der Waals surface area contributed by atoms with E-state index in [4.69, 9.17) is 18.6 Å². The van der Waals surface area contributed by atoms with Gasteiger partial charge in [0.25, 0.3) is 5.91 Å². The van der Waals surface area contributed by atoms with Crippen LogP contribution in [0.1, 0.15) is 23.0 Å². The number of amides is 1. The van der Waals surface area contributed by atoms with Gasteiger partial charge in [0.15, 0.2) is 5.17 Å². The molecule has 0 spiro atoms. The standard InChI is InChI=1S/C27H26N2O6S/c1-4-34-26(31)19-7-5-18(6-8-19)23-14-13-22(35-23)17-24-25(30)29(15-16-32-2)27(36-24)28-20-9-11-21(33-3)12-10-20/h5-14,17H,4,15-16H2,1-3H3/b24-17-,28-27?. The van der Waals surface area contributed by atoms with Crippen LogP contribution in [0.3, 0.4) is 0 Å². The van der Waals surface area contributed by atoms with Gasteiger partial charge in [-0.05, 0) is 67.2 Å². The van der Waals surface area contributed by atoms with E-state index >= 15 is 0 Å². The zero-order valence-corrected chi connectivity index (χ0v) is 21.0. The minimum atomic E-state index is -0.365. The van der Waals surface area contributed by atoms with Crippen LogP contribution in [0.5, 0.6) is 5.75 Å². The summed E-state index contributed by atoms with van der Waals surface area (Å²) in [5.74, 6) is 1.36. The highest BCUT2D eigenvalue weighted by Crippen LogP contribution is 2.35. The monoisotopic (exact) mass is 506 g/mol. The number of thioether (sulfide) groups is 1. The Kier molecular flexibility index (Phi) is 8.24. The van der Waals surface area contributed by atoms with Gasteiger partial charge in [0, 0.05) is 18.7 Å². The fourth-order valence-electron chi connectivity index (χ4n) is 3.44. The number of aliphatic imine (C=N–C) groups is 1. The Morgan fingerprint density at radius 2 is 1.81 bits per heavy atom. The number of esters is 1. The fraction of sp³-hybridized carbons (Fsp3) is 0.222. The van der Waals surface area contributed by atoms with Crippen LogP contribution in [0.25, 0.3) is 17.4 Å². The number of amidine groups is 1. The number of furan rings is 1. The molecule has 1 saturated heterocycles. The van der Waals surface area contributed by atoms with Crippen molar-refractivity contribution >= 4 is 40.6 Å². The summed E-state index contributed by atoms with van der Waals surface area (Å²) in [4.78, 5) is 31.8. The molecule has 0 saturated carbocycles. The van der Waals surface area contributed by atoms with E-state index in [9.17, 15) is 9.59 Å². The van der Waals surface area contributed by atoms with Crippen molar-refractivity contribution in [2.24, 2.45) is 4.99 Å². The Hall–Kier alpha value is -3.82. The summed E-state index contributed by atoms with van der Waals surface area (Å²) in [5, 5.41) is 0.565. The third-order valence-electron chi connectivity index (χ3n) is 5.28. The fourth-order valence-corrected chi connectivity index (χ4v) is 4.44. The number of nitrogens with zero attached hydrogens (tertiary/aromatic N) is 2. The van der Waals surface area contributed by atoms with Crippen LogP contribution >= 0.6 is 11.8 Å². The molecule has 0 atom stereocenters. The van der Waals surface area contributed by atoms with Gasteiger partial charge < -0.3 is 18.6 Å². The predicted octanol–water partition coefficient (Wildman–Crippen LogP) is 5.38. The Morgan fingerprint density at radius 1 is 1.06 bits per heavy atom. The summed E-state index contributed by atoms with van der Waals surface area (Å²) >= 11 is 1.28. The quantitative estimate of drug-likeness (QED) is 0.284. The third kappa shape index (κ3) is 5.87. The van der Waals surface area contributed by atoms with E-state index in [1.165, 1.54) is 11.8 Å². The number of carbonyl (C=O) groups is 2. The normalized spacial score (nSPS) is 15.6. The van der Waals surface area contributed by atoms with Crippen molar-refractivity contribution in [2.75, 3.05) is 34.0 Å². The molecule has 0 aliphatic carbocycles. The molecular formula is C27H26N2O6S. The number of rotatable bonds is 9. The molecule has 4 rings (SSSR count). The first kappa shape index (κ1) is 25.3. The summed E-state index contributed by atoms with van der Waals surface area (Å²) in [7, 11) is 3.20. The molecule has 1 aliphatic heterocycles. The topological polar surface area (TPSA) is 90.6 Å². The first-order valence-electron chi connectivity index (χ1n) is 11.3. The lowest BCUT2D eigenvalue weighted by atomic mass is 10.1. The summed E-state index contributed by atoms with van der Waals surface area (Å²) < 4.78 is 21.4. The van der Waals surface area contributed by atoms with Gasteiger partial charge in [-0.15, -0.1) is 0 Å². The zero-order valence-electron chi connectivity index (χ0n) is 20.2. The highest BCUT2D eigenvalue weighted by atomic mass is 32.2.